The first-order chi connectivity index (χ1) is 19.6. The summed E-state index contributed by atoms with van der Waals surface area (Å²) in [6, 6.07) is 38.7. The first-order valence-electron chi connectivity index (χ1n) is 14.1. The molecule has 190 valence electrons. The monoisotopic (exact) mass is 532 g/mol. The number of rotatable bonds is 3. The van der Waals surface area contributed by atoms with Gasteiger partial charge in [0.15, 0.2) is 0 Å². The van der Waals surface area contributed by atoms with E-state index in [0.717, 1.165) is 32.2 Å². The average Bonchev–Trinajstić information content (AvgIpc) is 3.45. The highest BCUT2D eigenvalue weighted by molar-refractivity contribution is 7.80. The van der Waals surface area contributed by atoms with Crippen molar-refractivity contribution in [3.05, 3.63) is 109 Å². The van der Waals surface area contributed by atoms with E-state index in [2.05, 4.69) is 109 Å². The standard InChI is InChI=1S/C37H25O2P/c38-28-15-16-29(21-28)40(39,32-19-13-26-9-7-22-3-1-5-24-11-17-30(32)36(26)34(22)24)33-20-14-27-10-8-23-4-2-6-25-12-18-31(33)37(27)35(23)25/h1-14,17-20,29H,15-16,21H2. The van der Waals surface area contributed by atoms with Crippen LogP contribution in [0.1, 0.15) is 19.3 Å². The van der Waals surface area contributed by atoms with Gasteiger partial charge in [0.1, 0.15) is 12.9 Å². The summed E-state index contributed by atoms with van der Waals surface area (Å²) >= 11 is 0. The van der Waals surface area contributed by atoms with Crippen LogP contribution in [0, 0.1) is 0 Å². The lowest BCUT2D eigenvalue weighted by molar-refractivity contribution is -0.117. The van der Waals surface area contributed by atoms with Gasteiger partial charge in [0, 0.05) is 29.1 Å². The molecule has 3 heteroatoms. The van der Waals surface area contributed by atoms with Crippen molar-refractivity contribution in [3.63, 3.8) is 0 Å². The quantitative estimate of drug-likeness (QED) is 0.168. The molecule has 1 aliphatic carbocycles. The molecule has 8 aromatic carbocycles. The normalized spacial score (nSPS) is 16.6. The van der Waals surface area contributed by atoms with Crippen LogP contribution in [-0.2, 0) is 9.36 Å². The van der Waals surface area contributed by atoms with Crippen LogP contribution in [0.25, 0.3) is 64.6 Å². The second kappa shape index (κ2) is 7.90. The number of hydrogen-bond acceptors (Lipinski definition) is 2. The molecule has 2 nitrogen and oxygen atoms in total. The molecule has 0 bridgehead atoms. The Hall–Kier alpha value is -4.26. The van der Waals surface area contributed by atoms with Crippen molar-refractivity contribution >= 4 is 88.2 Å². The highest BCUT2D eigenvalue weighted by atomic mass is 31.2. The molecule has 1 fully saturated rings. The Morgan fingerprint density at radius 3 is 1.32 bits per heavy atom. The zero-order valence-electron chi connectivity index (χ0n) is 21.9. The molecule has 0 spiro atoms. The maximum absolute atomic E-state index is 16.1. The van der Waals surface area contributed by atoms with Gasteiger partial charge in [-0.15, -0.1) is 0 Å². The molecule has 8 aromatic rings. The van der Waals surface area contributed by atoms with Crippen LogP contribution >= 0.6 is 7.14 Å². The smallest absolute Gasteiger partial charge is 0.147 e. The van der Waals surface area contributed by atoms with E-state index in [1.807, 2.05) is 0 Å². The predicted octanol–water partition coefficient (Wildman–Crippen LogP) is 8.92. The Bertz CT molecular complexity index is 2180. The van der Waals surface area contributed by atoms with Crippen molar-refractivity contribution in [2.45, 2.75) is 24.9 Å². The van der Waals surface area contributed by atoms with E-state index in [4.69, 9.17) is 0 Å². The SMILES string of the molecule is O=C1CCC(P(=O)(c2ccc3ccc4cccc5ccc2c3c45)c2ccc3ccc4cccc5ccc2c3c45)C1. The molecule has 0 amide bonds. The molecule has 1 saturated carbocycles. The Morgan fingerprint density at radius 1 is 0.500 bits per heavy atom. The fourth-order valence-electron chi connectivity index (χ4n) is 7.65. The molecule has 0 saturated heterocycles. The number of benzene rings is 8. The summed E-state index contributed by atoms with van der Waals surface area (Å²) in [6.45, 7) is 0. The van der Waals surface area contributed by atoms with Gasteiger partial charge < -0.3 is 4.57 Å². The third-order valence-corrected chi connectivity index (χ3v) is 13.1. The number of ketones is 1. The van der Waals surface area contributed by atoms with E-state index in [9.17, 15) is 4.79 Å². The second-order valence-electron chi connectivity index (χ2n) is 11.5. The van der Waals surface area contributed by atoms with Gasteiger partial charge in [-0.05, 0) is 83.2 Å². The number of Topliss-reactive ketones (excluding diaryl/α,β-unsaturated/α-hetero) is 1. The third kappa shape index (κ3) is 2.85. The number of carbonyl (C=O) groups excluding carboxylic acids is 1. The van der Waals surface area contributed by atoms with E-state index in [1.54, 1.807) is 0 Å². The van der Waals surface area contributed by atoms with E-state index < -0.39 is 7.14 Å². The molecule has 9 rings (SSSR count). The fourth-order valence-corrected chi connectivity index (χ4v) is 11.3. The minimum absolute atomic E-state index is 0.197. The molecular formula is C37H25O2P. The highest BCUT2D eigenvalue weighted by Crippen LogP contribution is 2.57. The van der Waals surface area contributed by atoms with Crippen LogP contribution in [0.15, 0.2) is 109 Å². The van der Waals surface area contributed by atoms with Crippen LogP contribution in [0.4, 0.5) is 0 Å². The number of carbonyl (C=O) groups is 1. The van der Waals surface area contributed by atoms with Gasteiger partial charge in [0.05, 0.1) is 0 Å². The highest BCUT2D eigenvalue weighted by Gasteiger charge is 2.43. The van der Waals surface area contributed by atoms with E-state index in [0.29, 0.717) is 19.3 Å². The molecule has 0 aromatic heterocycles. The molecule has 0 radical (unpaired) electrons. The van der Waals surface area contributed by atoms with Gasteiger partial charge in [-0.3, -0.25) is 4.79 Å². The van der Waals surface area contributed by atoms with Crippen molar-refractivity contribution in [1.82, 2.24) is 0 Å². The van der Waals surface area contributed by atoms with Gasteiger partial charge in [-0.2, -0.15) is 0 Å². The van der Waals surface area contributed by atoms with E-state index in [1.165, 1.54) is 43.1 Å². The molecule has 0 heterocycles. The van der Waals surface area contributed by atoms with Crippen LogP contribution < -0.4 is 10.6 Å². The Morgan fingerprint density at radius 2 is 0.900 bits per heavy atom. The Labute approximate surface area is 231 Å². The first-order valence-corrected chi connectivity index (χ1v) is 15.8. The van der Waals surface area contributed by atoms with E-state index in [-0.39, 0.29) is 11.4 Å². The van der Waals surface area contributed by atoms with Crippen molar-refractivity contribution in [2.75, 3.05) is 0 Å². The van der Waals surface area contributed by atoms with Crippen molar-refractivity contribution in [3.8, 4) is 0 Å². The fraction of sp³-hybridized carbons (Fsp3) is 0.108. The topological polar surface area (TPSA) is 34.1 Å². The second-order valence-corrected chi connectivity index (χ2v) is 14.5. The molecule has 0 aliphatic heterocycles. The minimum atomic E-state index is -3.25. The van der Waals surface area contributed by atoms with Crippen LogP contribution in [-0.4, -0.2) is 11.4 Å². The van der Waals surface area contributed by atoms with E-state index >= 15 is 4.57 Å². The predicted molar refractivity (Wildman–Crippen MR) is 170 cm³/mol. The summed E-state index contributed by atoms with van der Waals surface area (Å²) in [6.07, 6.45) is 1.55. The molecule has 0 N–H and O–H groups in total. The van der Waals surface area contributed by atoms with Crippen LogP contribution in [0.5, 0.6) is 0 Å². The van der Waals surface area contributed by atoms with Crippen LogP contribution in [0.2, 0.25) is 0 Å². The van der Waals surface area contributed by atoms with Crippen molar-refractivity contribution in [2.24, 2.45) is 0 Å². The molecule has 40 heavy (non-hydrogen) atoms. The lowest BCUT2D eigenvalue weighted by Gasteiger charge is -2.29. The van der Waals surface area contributed by atoms with Crippen molar-refractivity contribution in [1.29, 1.82) is 0 Å². The lowest BCUT2D eigenvalue weighted by Crippen LogP contribution is -2.26. The summed E-state index contributed by atoms with van der Waals surface area (Å²) in [4.78, 5) is 12.7. The Kier molecular flexibility index (Phi) is 4.45. The molecule has 1 atom stereocenters. The van der Waals surface area contributed by atoms with Gasteiger partial charge in [0.2, 0.25) is 0 Å². The van der Waals surface area contributed by atoms with Crippen molar-refractivity contribution < 1.29 is 9.36 Å². The maximum atomic E-state index is 16.1. The summed E-state index contributed by atoms with van der Waals surface area (Å²) < 4.78 is 16.1. The lowest BCUT2D eigenvalue weighted by atomic mass is 9.94. The van der Waals surface area contributed by atoms with Crippen LogP contribution in [0.3, 0.4) is 0 Å². The van der Waals surface area contributed by atoms with Gasteiger partial charge in [-0.25, -0.2) is 0 Å². The van der Waals surface area contributed by atoms with Gasteiger partial charge >= 0.3 is 0 Å². The Balaban J connectivity index is 1.43. The summed E-state index contributed by atoms with van der Waals surface area (Å²) in [5.41, 5.74) is -0.197. The number of hydrogen-bond donors (Lipinski definition) is 0. The van der Waals surface area contributed by atoms with Gasteiger partial charge in [-0.1, -0.05) is 97.1 Å². The molecule has 1 aliphatic rings. The summed E-state index contributed by atoms with van der Waals surface area (Å²) in [5, 5.41) is 15.8. The summed E-state index contributed by atoms with van der Waals surface area (Å²) in [5.74, 6) is 0.223. The molecule has 1 unspecified atom stereocenters. The van der Waals surface area contributed by atoms with Gasteiger partial charge in [0.25, 0.3) is 0 Å². The minimum Gasteiger partial charge on any atom is -0.313 e. The first kappa shape index (κ1) is 22.5. The largest absolute Gasteiger partial charge is 0.313 e. The summed E-state index contributed by atoms with van der Waals surface area (Å²) in [7, 11) is -3.25. The molecular weight excluding hydrogens is 507 g/mol. The zero-order valence-corrected chi connectivity index (χ0v) is 22.7. The zero-order chi connectivity index (χ0) is 26.6. The third-order valence-electron chi connectivity index (χ3n) is 9.46. The average molecular weight is 533 g/mol. The maximum Gasteiger partial charge on any atom is 0.147 e.